The average molecular weight is 471 g/mol. The first-order chi connectivity index (χ1) is 17.8. The van der Waals surface area contributed by atoms with Crippen LogP contribution in [-0.4, -0.2) is 34.5 Å². The molecule has 0 amide bonds. The summed E-state index contributed by atoms with van der Waals surface area (Å²) in [6.07, 6.45) is 4.61. The minimum absolute atomic E-state index is 0.832. The van der Waals surface area contributed by atoms with Crippen LogP contribution in [0.4, 0.5) is 5.69 Å². The van der Waals surface area contributed by atoms with Gasteiger partial charge in [0.25, 0.3) is 0 Å². The minimum atomic E-state index is 0.832. The van der Waals surface area contributed by atoms with Crippen molar-refractivity contribution in [2.45, 2.75) is 13.0 Å². The standard InChI is InChI=1S/C32H30N4/c1-24(30-13-7-11-26-10-5-6-12-31(26)30)36-19-18-35(17-16-29-21-33-23-34-29)32-15-14-27(20-28(32)22-36)25-8-3-2-4-9-25/h2-15,20-21,23H,1,16-19,22H2,(H,33,34). The van der Waals surface area contributed by atoms with Crippen LogP contribution in [0.2, 0.25) is 0 Å². The molecule has 0 atom stereocenters. The van der Waals surface area contributed by atoms with Crippen molar-refractivity contribution in [2.24, 2.45) is 0 Å². The number of imidazole rings is 1. The fourth-order valence-electron chi connectivity index (χ4n) is 5.26. The highest BCUT2D eigenvalue weighted by Crippen LogP contribution is 2.34. The predicted octanol–water partition coefficient (Wildman–Crippen LogP) is 6.77. The first-order valence-corrected chi connectivity index (χ1v) is 12.6. The van der Waals surface area contributed by atoms with E-state index in [0.717, 1.165) is 38.3 Å². The van der Waals surface area contributed by atoms with Crippen LogP contribution in [0.25, 0.3) is 27.6 Å². The Bertz CT molecular complexity index is 1480. The summed E-state index contributed by atoms with van der Waals surface area (Å²) in [4.78, 5) is 12.4. The summed E-state index contributed by atoms with van der Waals surface area (Å²) in [5.74, 6) is 0. The number of hydrogen-bond donors (Lipinski definition) is 1. The van der Waals surface area contributed by atoms with Crippen molar-refractivity contribution in [2.75, 3.05) is 24.5 Å². The van der Waals surface area contributed by atoms with Crippen molar-refractivity contribution < 1.29 is 0 Å². The van der Waals surface area contributed by atoms with E-state index >= 15 is 0 Å². The molecule has 0 bridgehead atoms. The Labute approximate surface area is 212 Å². The second-order valence-corrected chi connectivity index (χ2v) is 9.42. The van der Waals surface area contributed by atoms with Crippen molar-refractivity contribution in [3.05, 3.63) is 127 Å². The third-order valence-electron chi connectivity index (χ3n) is 7.22. The third-order valence-corrected chi connectivity index (χ3v) is 7.22. The molecule has 6 rings (SSSR count). The number of rotatable bonds is 6. The predicted molar refractivity (Wildman–Crippen MR) is 150 cm³/mol. The van der Waals surface area contributed by atoms with E-state index < -0.39 is 0 Å². The smallest absolute Gasteiger partial charge is 0.0921 e. The maximum Gasteiger partial charge on any atom is 0.0921 e. The minimum Gasteiger partial charge on any atom is -0.369 e. The van der Waals surface area contributed by atoms with E-state index in [4.69, 9.17) is 0 Å². The molecule has 0 saturated carbocycles. The summed E-state index contributed by atoms with van der Waals surface area (Å²) < 4.78 is 0. The fraction of sp³-hybridized carbons (Fsp3) is 0.156. The van der Waals surface area contributed by atoms with Crippen LogP contribution in [-0.2, 0) is 13.0 Å². The molecule has 5 aromatic rings. The Balaban J connectivity index is 1.36. The second-order valence-electron chi connectivity index (χ2n) is 9.42. The number of H-pyrrole nitrogens is 1. The molecule has 4 nitrogen and oxygen atoms in total. The third kappa shape index (κ3) is 4.38. The summed E-state index contributed by atoms with van der Waals surface area (Å²) in [6, 6.07) is 32.7. The van der Waals surface area contributed by atoms with Gasteiger partial charge >= 0.3 is 0 Å². The van der Waals surface area contributed by atoms with Gasteiger partial charge in [0, 0.05) is 61.4 Å². The van der Waals surface area contributed by atoms with Crippen molar-refractivity contribution >= 4 is 22.2 Å². The number of aromatic nitrogens is 2. The lowest BCUT2D eigenvalue weighted by Crippen LogP contribution is -2.32. The van der Waals surface area contributed by atoms with Crippen LogP contribution in [0, 0.1) is 0 Å². The van der Waals surface area contributed by atoms with Gasteiger partial charge in [-0.05, 0) is 39.6 Å². The zero-order chi connectivity index (χ0) is 24.3. The lowest BCUT2D eigenvalue weighted by atomic mass is 10.00. The fourth-order valence-corrected chi connectivity index (χ4v) is 5.26. The highest BCUT2D eigenvalue weighted by atomic mass is 15.2. The Morgan fingerprint density at radius 2 is 1.69 bits per heavy atom. The average Bonchev–Trinajstić information content (AvgIpc) is 3.39. The number of hydrogen-bond acceptors (Lipinski definition) is 3. The molecule has 0 saturated heterocycles. The number of benzene rings is 4. The molecule has 0 unspecified atom stereocenters. The molecule has 4 aromatic carbocycles. The number of fused-ring (bicyclic) bond motifs is 2. The largest absolute Gasteiger partial charge is 0.369 e. The quantitative estimate of drug-likeness (QED) is 0.298. The summed E-state index contributed by atoms with van der Waals surface area (Å²) in [6.45, 7) is 8.23. The summed E-state index contributed by atoms with van der Waals surface area (Å²) in [5, 5.41) is 2.50. The first kappa shape index (κ1) is 22.2. The van der Waals surface area contributed by atoms with Crippen LogP contribution < -0.4 is 4.90 Å². The summed E-state index contributed by atoms with van der Waals surface area (Å²) >= 11 is 0. The molecule has 1 N–H and O–H groups in total. The van der Waals surface area contributed by atoms with E-state index in [9.17, 15) is 0 Å². The molecule has 1 aliphatic rings. The monoisotopic (exact) mass is 470 g/mol. The summed E-state index contributed by atoms with van der Waals surface area (Å²) in [7, 11) is 0. The molecule has 0 spiro atoms. The Hall–Kier alpha value is -4.31. The lowest BCUT2D eigenvalue weighted by molar-refractivity contribution is 0.407. The van der Waals surface area contributed by atoms with Crippen LogP contribution in [0.15, 0.2) is 110 Å². The maximum atomic E-state index is 4.60. The van der Waals surface area contributed by atoms with E-state index in [1.165, 1.54) is 44.4 Å². The van der Waals surface area contributed by atoms with E-state index in [2.05, 4.69) is 117 Å². The van der Waals surface area contributed by atoms with Gasteiger partial charge in [0.15, 0.2) is 0 Å². The SMILES string of the molecule is C=C(c1cccc2ccccc12)N1CCN(CCc2cnc[nH]2)c2ccc(-c3ccccc3)cc2C1. The van der Waals surface area contributed by atoms with Crippen LogP contribution in [0.3, 0.4) is 0 Å². The zero-order valence-corrected chi connectivity index (χ0v) is 20.4. The van der Waals surface area contributed by atoms with Gasteiger partial charge in [0.1, 0.15) is 0 Å². The molecule has 0 radical (unpaired) electrons. The van der Waals surface area contributed by atoms with Crippen molar-refractivity contribution in [1.29, 1.82) is 0 Å². The normalized spacial score (nSPS) is 13.4. The van der Waals surface area contributed by atoms with Gasteiger partial charge in [0.05, 0.1) is 6.33 Å². The van der Waals surface area contributed by atoms with Gasteiger partial charge in [-0.2, -0.15) is 0 Å². The Morgan fingerprint density at radius 1 is 0.861 bits per heavy atom. The molecule has 0 fully saturated rings. The van der Waals surface area contributed by atoms with E-state index in [0.29, 0.717) is 0 Å². The Morgan fingerprint density at radius 3 is 2.56 bits per heavy atom. The molecule has 36 heavy (non-hydrogen) atoms. The van der Waals surface area contributed by atoms with Crippen LogP contribution in [0.5, 0.6) is 0 Å². The highest BCUT2D eigenvalue weighted by molar-refractivity contribution is 5.93. The number of anilines is 1. The van der Waals surface area contributed by atoms with Gasteiger partial charge < -0.3 is 14.8 Å². The van der Waals surface area contributed by atoms with Gasteiger partial charge in [-0.3, -0.25) is 0 Å². The van der Waals surface area contributed by atoms with E-state index in [1.807, 2.05) is 6.20 Å². The van der Waals surface area contributed by atoms with Gasteiger partial charge in [-0.15, -0.1) is 0 Å². The van der Waals surface area contributed by atoms with Gasteiger partial charge in [-0.25, -0.2) is 4.98 Å². The van der Waals surface area contributed by atoms with Gasteiger partial charge in [-0.1, -0.05) is 85.4 Å². The van der Waals surface area contributed by atoms with E-state index in [-0.39, 0.29) is 0 Å². The number of nitrogens with zero attached hydrogens (tertiary/aromatic N) is 3. The van der Waals surface area contributed by atoms with Crippen molar-refractivity contribution in [3.63, 3.8) is 0 Å². The molecule has 1 aliphatic heterocycles. The molecule has 0 aliphatic carbocycles. The first-order valence-electron chi connectivity index (χ1n) is 12.6. The second kappa shape index (κ2) is 9.74. The highest BCUT2D eigenvalue weighted by Gasteiger charge is 2.22. The molecule has 178 valence electrons. The number of aromatic amines is 1. The summed E-state index contributed by atoms with van der Waals surface area (Å²) in [5.41, 5.74) is 8.59. The molecular weight excluding hydrogens is 440 g/mol. The topological polar surface area (TPSA) is 35.2 Å². The van der Waals surface area contributed by atoms with Crippen molar-refractivity contribution in [1.82, 2.24) is 14.9 Å². The maximum absolute atomic E-state index is 4.60. The lowest BCUT2D eigenvalue weighted by Gasteiger charge is -2.27. The van der Waals surface area contributed by atoms with E-state index in [1.54, 1.807) is 6.33 Å². The van der Waals surface area contributed by atoms with Crippen LogP contribution in [0.1, 0.15) is 16.8 Å². The molecule has 4 heteroatoms. The zero-order valence-electron chi connectivity index (χ0n) is 20.4. The molecule has 2 heterocycles. The van der Waals surface area contributed by atoms with Crippen molar-refractivity contribution in [3.8, 4) is 11.1 Å². The van der Waals surface area contributed by atoms with Gasteiger partial charge in [0.2, 0.25) is 0 Å². The molecular formula is C32H30N4. The molecule has 1 aromatic heterocycles. The Kier molecular flexibility index (Phi) is 6.00. The number of nitrogens with one attached hydrogen (secondary N) is 1. The van der Waals surface area contributed by atoms with Crippen LogP contribution >= 0.6 is 0 Å².